The van der Waals surface area contributed by atoms with Gasteiger partial charge in [-0.05, 0) is 17.7 Å². The van der Waals surface area contributed by atoms with Crippen LogP contribution in [0.3, 0.4) is 0 Å². The lowest BCUT2D eigenvalue weighted by Gasteiger charge is -2.13. The Kier molecular flexibility index (Phi) is 4.42. The summed E-state index contributed by atoms with van der Waals surface area (Å²) in [7, 11) is 0. The van der Waals surface area contributed by atoms with Crippen molar-refractivity contribution in [2.24, 2.45) is 0 Å². The van der Waals surface area contributed by atoms with Crippen LogP contribution in [0.25, 0.3) is 0 Å². The molecular weight excluding hydrogens is 264 g/mol. The van der Waals surface area contributed by atoms with Crippen molar-refractivity contribution in [3.63, 3.8) is 0 Å². The number of nitrogens with zero attached hydrogens (tertiary/aromatic N) is 2. The molecule has 1 amide bonds. The second kappa shape index (κ2) is 6.25. The Bertz CT molecular complexity index is 522. The highest BCUT2D eigenvalue weighted by Crippen LogP contribution is 2.16. The minimum Gasteiger partial charge on any atom is -0.459 e. The van der Waals surface area contributed by atoms with Crippen molar-refractivity contribution in [1.82, 2.24) is 4.90 Å². The van der Waals surface area contributed by atoms with E-state index in [9.17, 15) is 9.59 Å². The van der Waals surface area contributed by atoms with E-state index in [-0.39, 0.29) is 18.4 Å². The fourth-order valence-corrected chi connectivity index (χ4v) is 2.43. The largest absolute Gasteiger partial charge is 0.459 e. The molecule has 19 heavy (non-hydrogen) atoms. The Morgan fingerprint density at radius 3 is 2.74 bits per heavy atom. The highest BCUT2D eigenvalue weighted by atomic mass is 32.2. The molecule has 1 aliphatic rings. The van der Waals surface area contributed by atoms with Gasteiger partial charge in [0.15, 0.2) is 0 Å². The predicted octanol–water partition coefficient (Wildman–Crippen LogP) is 1.77. The molecular formula is C13H12N2O3S. The van der Waals surface area contributed by atoms with E-state index >= 15 is 0 Å². The van der Waals surface area contributed by atoms with Crippen LogP contribution in [0.15, 0.2) is 24.3 Å². The topological polar surface area (TPSA) is 70.4 Å². The maximum Gasteiger partial charge on any atom is 0.326 e. The molecule has 1 saturated heterocycles. The molecule has 1 aliphatic heterocycles. The lowest BCUT2D eigenvalue weighted by Crippen LogP contribution is -2.30. The number of carbonyl (C=O) groups is 2. The molecule has 0 atom stereocenters. The highest BCUT2D eigenvalue weighted by Gasteiger charge is 2.23. The van der Waals surface area contributed by atoms with Crippen molar-refractivity contribution in [2.75, 3.05) is 18.8 Å². The zero-order valence-corrected chi connectivity index (χ0v) is 11.0. The van der Waals surface area contributed by atoms with E-state index in [0.717, 1.165) is 11.3 Å². The molecule has 2 rings (SSSR count). The number of esters is 1. The quantitative estimate of drug-likeness (QED) is 0.784. The van der Waals surface area contributed by atoms with Gasteiger partial charge in [0, 0.05) is 12.3 Å². The first-order chi connectivity index (χ1) is 9.19. The standard InChI is InChI=1S/C13H12N2O3S/c14-7-10-1-3-11(4-2-10)9-18-12(16)8-15-5-6-19-13(15)17/h1-4H,5-6,8-9H2. The Balaban J connectivity index is 1.79. The van der Waals surface area contributed by atoms with E-state index in [4.69, 9.17) is 10.00 Å². The average molecular weight is 276 g/mol. The van der Waals surface area contributed by atoms with Crippen molar-refractivity contribution >= 4 is 23.0 Å². The van der Waals surface area contributed by atoms with Gasteiger partial charge in [-0.1, -0.05) is 23.9 Å². The first-order valence-corrected chi connectivity index (χ1v) is 6.74. The molecule has 98 valence electrons. The Hall–Kier alpha value is -2.00. The number of benzene rings is 1. The molecule has 0 N–H and O–H groups in total. The monoisotopic (exact) mass is 276 g/mol. The smallest absolute Gasteiger partial charge is 0.326 e. The number of nitriles is 1. The molecule has 0 saturated carbocycles. The van der Waals surface area contributed by atoms with Gasteiger partial charge >= 0.3 is 5.97 Å². The fraction of sp³-hybridized carbons (Fsp3) is 0.308. The predicted molar refractivity (Wildman–Crippen MR) is 70.4 cm³/mol. The molecule has 0 aliphatic carbocycles. The third-order valence-corrected chi connectivity index (χ3v) is 3.54. The van der Waals surface area contributed by atoms with E-state index in [1.165, 1.54) is 16.7 Å². The summed E-state index contributed by atoms with van der Waals surface area (Å²) in [6.07, 6.45) is 0. The number of carbonyl (C=O) groups excluding carboxylic acids is 2. The molecule has 5 nitrogen and oxygen atoms in total. The van der Waals surface area contributed by atoms with Gasteiger partial charge in [0.1, 0.15) is 13.2 Å². The first-order valence-electron chi connectivity index (χ1n) is 5.75. The Labute approximate surface area is 115 Å². The van der Waals surface area contributed by atoms with Crippen LogP contribution in [0.2, 0.25) is 0 Å². The maximum absolute atomic E-state index is 11.6. The van der Waals surface area contributed by atoms with Gasteiger partial charge in [0.2, 0.25) is 0 Å². The van der Waals surface area contributed by atoms with E-state index in [1.54, 1.807) is 24.3 Å². The molecule has 0 unspecified atom stereocenters. The molecule has 0 aromatic heterocycles. The van der Waals surface area contributed by atoms with Crippen LogP contribution >= 0.6 is 11.8 Å². The van der Waals surface area contributed by atoms with Gasteiger partial charge in [-0.15, -0.1) is 0 Å². The molecule has 1 aromatic rings. The third-order valence-electron chi connectivity index (χ3n) is 2.65. The van der Waals surface area contributed by atoms with Crippen molar-refractivity contribution in [3.05, 3.63) is 35.4 Å². The minimum absolute atomic E-state index is 0.00210. The molecule has 0 spiro atoms. The fourth-order valence-electron chi connectivity index (χ4n) is 1.61. The molecule has 0 bridgehead atoms. The summed E-state index contributed by atoms with van der Waals surface area (Å²) in [6.45, 7) is 0.747. The summed E-state index contributed by atoms with van der Waals surface area (Å²) < 4.78 is 5.09. The molecule has 1 fully saturated rings. The summed E-state index contributed by atoms with van der Waals surface area (Å²) in [4.78, 5) is 24.3. The van der Waals surface area contributed by atoms with Crippen molar-refractivity contribution < 1.29 is 14.3 Å². The van der Waals surface area contributed by atoms with E-state index in [1.807, 2.05) is 6.07 Å². The molecule has 1 heterocycles. The van der Waals surface area contributed by atoms with Gasteiger partial charge in [0.25, 0.3) is 5.24 Å². The van der Waals surface area contributed by atoms with Gasteiger partial charge < -0.3 is 9.64 Å². The first kappa shape index (κ1) is 13.4. The number of hydrogen-bond acceptors (Lipinski definition) is 5. The Morgan fingerprint density at radius 1 is 1.42 bits per heavy atom. The summed E-state index contributed by atoms with van der Waals surface area (Å²) in [6, 6.07) is 8.84. The van der Waals surface area contributed by atoms with Gasteiger partial charge in [-0.3, -0.25) is 9.59 Å². The van der Waals surface area contributed by atoms with Gasteiger partial charge in [-0.2, -0.15) is 5.26 Å². The Morgan fingerprint density at radius 2 is 2.16 bits per heavy atom. The maximum atomic E-state index is 11.6. The van der Waals surface area contributed by atoms with Crippen molar-refractivity contribution in [1.29, 1.82) is 5.26 Å². The van der Waals surface area contributed by atoms with Gasteiger partial charge in [-0.25, -0.2) is 0 Å². The second-order valence-corrected chi connectivity index (χ2v) is 5.05. The van der Waals surface area contributed by atoms with E-state index < -0.39 is 5.97 Å². The number of hydrogen-bond donors (Lipinski definition) is 0. The molecule has 0 radical (unpaired) electrons. The van der Waals surface area contributed by atoms with Crippen LogP contribution in [-0.4, -0.2) is 35.0 Å². The minimum atomic E-state index is -0.416. The normalized spacial score (nSPS) is 14.3. The molecule has 6 heteroatoms. The number of thioether (sulfide) groups is 1. The van der Waals surface area contributed by atoms with Crippen LogP contribution in [0, 0.1) is 11.3 Å². The van der Waals surface area contributed by atoms with Crippen LogP contribution in [0.4, 0.5) is 4.79 Å². The number of amides is 1. The molecule has 1 aromatic carbocycles. The summed E-state index contributed by atoms with van der Waals surface area (Å²) in [5, 5.41) is 8.58. The summed E-state index contributed by atoms with van der Waals surface area (Å²) >= 11 is 1.21. The van der Waals surface area contributed by atoms with Crippen LogP contribution in [0.5, 0.6) is 0 Å². The van der Waals surface area contributed by atoms with Crippen LogP contribution in [-0.2, 0) is 16.1 Å². The zero-order valence-electron chi connectivity index (χ0n) is 10.2. The van der Waals surface area contributed by atoms with Crippen molar-refractivity contribution in [2.45, 2.75) is 6.61 Å². The van der Waals surface area contributed by atoms with E-state index in [2.05, 4.69) is 0 Å². The lowest BCUT2D eigenvalue weighted by atomic mass is 10.2. The summed E-state index contributed by atoms with van der Waals surface area (Å²) in [5.41, 5.74) is 1.38. The zero-order chi connectivity index (χ0) is 13.7. The number of rotatable bonds is 4. The highest BCUT2D eigenvalue weighted by molar-refractivity contribution is 8.13. The van der Waals surface area contributed by atoms with Crippen LogP contribution < -0.4 is 0 Å². The van der Waals surface area contributed by atoms with Gasteiger partial charge in [0.05, 0.1) is 11.6 Å². The summed E-state index contributed by atoms with van der Waals surface area (Å²) in [5.74, 6) is 0.307. The van der Waals surface area contributed by atoms with E-state index in [0.29, 0.717) is 12.1 Å². The average Bonchev–Trinajstić information content (AvgIpc) is 2.82. The second-order valence-electron chi connectivity index (χ2n) is 4.01. The SMILES string of the molecule is N#Cc1ccc(COC(=O)CN2CCSC2=O)cc1. The van der Waals surface area contributed by atoms with Crippen molar-refractivity contribution in [3.8, 4) is 6.07 Å². The van der Waals surface area contributed by atoms with Crippen LogP contribution in [0.1, 0.15) is 11.1 Å². The lowest BCUT2D eigenvalue weighted by molar-refractivity contribution is -0.145. The third kappa shape index (κ3) is 3.73. The number of ether oxygens (including phenoxy) is 1.